The predicted octanol–water partition coefficient (Wildman–Crippen LogP) is 6.24. The Morgan fingerprint density at radius 3 is 2.53 bits per heavy atom. The van der Waals surface area contributed by atoms with E-state index >= 15 is 0 Å². The molecule has 1 saturated heterocycles. The molecule has 3 aromatic carbocycles. The normalized spacial score (nSPS) is 16.2. The van der Waals surface area contributed by atoms with E-state index in [1.54, 1.807) is 4.90 Å². The number of amidine groups is 1. The Kier molecular flexibility index (Phi) is 7.07. The van der Waals surface area contributed by atoms with Gasteiger partial charge in [0.2, 0.25) is 0 Å². The summed E-state index contributed by atoms with van der Waals surface area (Å²) in [5, 5.41) is 0.710. The van der Waals surface area contributed by atoms with E-state index in [1.807, 2.05) is 86.7 Å². The lowest BCUT2D eigenvalue weighted by atomic mass is 10.1. The van der Waals surface area contributed by atoms with Gasteiger partial charge in [0.25, 0.3) is 5.91 Å². The lowest BCUT2D eigenvalue weighted by Crippen LogP contribution is -2.31. The molecule has 4 rings (SSSR count). The van der Waals surface area contributed by atoms with Crippen LogP contribution in [0, 0.1) is 6.92 Å². The number of hydrogen-bond donors (Lipinski definition) is 0. The first-order valence-electron chi connectivity index (χ1n) is 10.8. The lowest BCUT2D eigenvalue weighted by Gasteiger charge is -2.15. The molecule has 0 aromatic heterocycles. The SMILES string of the molecule is CCOc1cccc(/C=C2/SC(=Nc3ccc(C)cc3)N(CCc3ccccc3)C2=O)c1. The molecule has 1 heterocycles. The third-order valence-corrected chi connectivity index (χ3v) is 6.09. The Morgan fingerprint density at radius 1 is 1.00 bits per heavy atom. The van der Waals surface area contributed by atoms with Crippen LogP contribution in [0.2, 0.25) is 0 Å². The van der Waals surface area contributed by atoms with Gasteiger partial charge in [-0.15, -0.1) is 0 Å². The van der Waals surface area contributed by atoms with E-state index in [0.29, 0.717) is 23.2 Å². The summed E-state index contributed by atoms with van der Waals surface area (Å²) in [5.41, 5.74) is 4.16. The first-order valence-corrected chi connectivity index (χ1v) is 11.6. The molecular weight excluding hydrogens is 416 g/mol. The maximum absolute atomic E-state index is 13.3. The van der Waals surface area contributed by atoms with Gasteiger partial charge < -0.3 is 4.74 Å². The Labute approximate surface area is 193 Å². The molecule has 0 atom stereocenters. The van der Waals surface area contributed by atoms with Crippen molar-refractivity contribution in [3.8, 4) is 5.75 Å². The summed E-state index contributed by atoms with van der Waals surface area (Å²) in [7, 11) is 0. The Bertz CT molecular complexity index is 1140. The molecular formula is C27H26N2O2S. The van der Waals surface area contributed by atoms with Gasteiger partial charge in [-0.2, -0.15) is 0 Å². The van der Waals surface area contributed by atoms with Crippen molar-refractivity contribution in [1.82, 2.24) is 4.90 Å². The molecule has 0 N–H and O–H groups in total. The number of amides is 1. The van der Waals surface area contributed by atoms with Gasteiger partial charge in [-0.3, -0.25) is 9.69 Å². The highest BCUT2D eigenvalue weighted by molar-refractivity contribution is 8.18. The third kappa shape index (κ3) is 5.48. The van der Waals surface area contributed by atoms with Crippen LogP contribution in [0.4, 0.5) is 5.69 Å². The zero-order valence-electron chi connectivity index (χ0n) is 18.3. The first-order chi connectivity index (χ1) is 15.6. The molecule has 4 nitrogen and oxygen atoms in total. The van der Waals surface area contributed by atoms with Crippen LogP contribution in [-0.4, -0.2) is 29.1 Å². The molecule has 0 saturated carbocycles. The number of benzene rings is 3. The summed E-state index contributed by atoms with van der Waals surface area (Å²) in [6, 6.07) is 26.0. The molecule has 1 amide bonds. The second kappa shape index (κ2) is 10.3. The van der Waals surface area contributed by atoms with Gasteiger partial charge in [0.05, 0.1) is 17.2 Å². The molecule has 1 fully saturated rings. The topological polar surface area (TPSA) is 41.9 Å². The van der Waals surface area contributed by atoms with Crippen LogP contribution in [-0.2, 0) is 11.2 Å². The fourth-order valence-corrected chi connectivity index (χ4v) is 4.44. The molecule has 1 aliphatic heterocycles. The Hall–Kier alpha value is -3.31. The minimum Gasteiger partial charge on any atom is -0.494 e. The maximum Gasteiger partial charge on any atom is 0.266 e. The zero-order chi connectivity index (χ0) is 22.3. The molecule has 0 radical (unpaired) electrons. The minimum atomic E-state index is -0.0152. The van der Waals surface area contributed by atoms with Gasteiger partial charge in [0, 0.05) is 6.54 Å². The standard InChI is InChI=1S/C27H26N2O2S/c1-3-31-24-11-7-10-22(18-24)19-25-26(30)29(17-16-21-8-5-4-6-9-21)27(32-25)28-23-14-12-20(2)13-15-23/h4-15,18-19H,3,16-17H2,1-2H3/b25-19+,28-27?. The summed E-state index contributed by atoms with van der Waals surface area (Å²) >= 11 is 1.42. The van der Waals surface area contributed by atoms with Crippen LogP contribution in [0.1, 0.15) is 23.6 Å². The van der Waals surface area contributed by atoms with E-state index in [0.717, 1.165) is 23.4 Å². The van der Waals surface area contributed by atoms with Crippen LogP contribution in [0.15, 0.2) is 88.8 Å². The van der Waals surface area contributed by atoms with Gasteiger partial charge in [0.1, 0.15) is 5.75 Å². The molecule has 0 unspecified atom stereocenters. The van der Waals surface area contributed by atoms with Gasteiger partial charge in [-0.05, 0) is 73.5 Å². The average molecular weight is 443 g/mol. The van der Waals surface area contributed by atoms with Crippen LogP contribution < -0.4 is 4.74 Å². The van der Waals surface area contributed by atoms with E-state index in [1.165, 1.54) is 22.9 Å². The van der Waals surface area contributed by atoms with Crippen molar-refractivity contribution in [3.05, 3.63) is 100 Å². The lowest BCUT2D eigenvalue weighted by molar-refractivity contribution is -0.122. The predicted molar refractivity (Wildman–Crippen MR) is 133 cm³/mol. The first kappa shape index (κ1) is 21.9. The average Bonchev–Trinajstić information content (AvgIpc) is 3.09. The number of carbonyl (C=O) groups excluding carboxylic acids is 1. The molecule has 5 heteroatoms. The summed E-state index contributed by atoms with van der Waals surface area (Å²) in [6.45, 7) is 5.19. The van der Waals surface area contributed by atoms with Crippen LogP contribution >= 0.6 is 11.8 Å². The minimum absolute atomic E-state index is 0.0152. The number of carbonyl (C=O) groups is 1. The smallest absolute Gasteiger partial charge is 0.266 e. The Morgan fingerprint density at radius 2 is 1.78 bits per heavy atom. The van der Waals surface area contributed by atoms with Crippen molar-refractivity contribution in [2.45, 2.75) is 20.3 Å². The molecule has 32 heavy (non-hydrogen) atoms. The van der Waals surface area contributed by atoms with E-state index in [4.69, 9.17) is 9.73 Å². The third-order valence-electron chi connectivity index (χ3n) is 5.08. The number of nitrogens with zero attached hydrogens (tertiary/aromatic N) is 2. The fourth-order valence-electron chi connectivity index (χ4n) is 3.42. The highest BCUT2D eigenvalue weighted by Gasteiger charge is 2.33. The number of aryl methyl sites for hydroxylation is 1. The molecule has 0 spiro atoms. The number of thioether (sulfide) groups is 1. The Balaban J connectivity index is 1.62. The van der Waals surface area contributed by atoms with E-state index in [2.05, 4.69) is 12.1 Å². The van der Waals surface area contributed by atoms with Gasteiger partial charge >= 0.3 is 0 Å². The number of rotatable bonds is 7. The van der Waals surface area contributed by atoms with Gasteiger partial charge in [0.15, 0.2) is 5.17 Å². The van der Waals surface area contributed by atoms with E-state index < -0.39 is 0 Å². The summed E-state index contributed by atoms with van der Waals surface area (Å²) < 4.78 is 5.60. The molecule has 0 bridgehead atoms. The summed E-state index contributed by atoms with van der Waals surface area (Å²) in [4.78, 5) is 20.6. The van der Waals surface area contributed by atoms with Crippen molar-refractivity contribution >= 4 is 34.6 Å². The number of aliphatic imine (C=N–C) groups is 1. The van der Waals surface area contributed by atoms with Crippen molar-refractivity contribution in [1.29, 1.82) is 0 Å². The highest BCUT2D eigenvalue weighted by Crippen LogP contribution is 2.34. The molecule has 0 aliphatic carbocycles. The summed E-state index contributed by atoms with van der Waals surface area (Å²) in [6.07, 6.45) is 2.69. The fraction of sp³-hybridized carbons (Fsp3) is 0.185. The second-order valence-corrected chi connectivity index (χ2v) is 8.55. The monoisotopic (exact) mass is 442 g/mol. The van der Waals surface area contributed by atoms with Crippen LogP contribution in [0.5, 0.6) is 5.75 Å². The number of hydrogen-bond acceptors (Lipinski definition) is 4. The van der Waals surface area contributed by atoms with Crippen molar-refractivity contribution < 1.29 is 9.53 Å². The largest absolute Gasteiger partial charge is 0.494 e. The van der Waals surface area contributed by atoms with Crippen molar-refractivity contribution in [2.24, 2.45) is 4.99 Å². The summed E-state index contributed by atoms with van der Waals surface area (Å²) in [5.74, 6) is 0.783. The number of ether oxygens (including phenoxy) is 1. The van der Waals surface area contributed by atoms with Gasteiger partial charge in [-0.25, -0.2) is 4.99 Å². The van der Waals surface area contributed by atoms with Crippen LogP contribution in [0.25, 0.3) is 6.08 Å². The quantitative estimate of drug-likeness (QED) is 0.407. The maximum atomic E-state index is 13.3. The van der Waals surface area contributed by atoms with Crippen molar-refractivity contribution in [2.75, 3.05) is 13.2 Å². The molecule has 1 aliphatic rings. The molecule has 162 valence electrons. The van der Waals surface area contributed by atoms with E-state index in [-0.39, 0.29) is 5.91 Å². The zero-order valence-corrected chi connectivity index (χ0v) is 19.1. The highest BCUT2D eigenvalue weighted by atomic mass is 32.2. The van der Waals surface area contributed by atoms with Gasteiger partial charge in [-0.1, -0.05) is 60.2 Å². The van der Waals surface area contributed by atoms with E-state index in [9.17, 15) is 4.79 Å². The second-order valence-electron chi connectivity index (χ2n) is 7.54. The van der Waals surface area contributed by atoms with Crippen molar-refractivity contribution in [3.63, 3.8) is 0 Å². The van der Waals surface area contributed by atoms with Crippen LogP contribution in [0.3, 0.4) is 0 Å². The molecule has 3 aromatic rings.